The predicted molar refractivity (Wildman–Crippen MR) is 94.7 cm³/mol. The second kappa shape index (κ2) is 7.61. The summed E-state index contributed by atoms with van der Waals surface area (Å²) in [5.74, 6) is -0.220. The van der Waals surface area contributed by atoms with Gasteiger partial charge in [0.25, 0.3) is 11.5 Å². The highest BCUT2D eigenvalue weighted by atomic mass is 32.2. The second-order valence-corrected chi connectivity index (χ2v) is 8.35. The Bertz CT molecular complexity index is 957. The highest BCUT2D eigenvalue weighted by Gasteiger charge is 2.34. The average Bonchev–Trinajstić information content (AvgIpc) is 2.82. The number of hydrogen-bond donors (Lipinski definition) is 2. The third-order valence-corrected chi connectivity index (χ3v) is 6.55. The highest BCUT2D eigenvalue weighted by molar-refractivity contribution is 7.89. The Morgan fingerprint density at radius 3 is 2.78 bits per heavy atom. The Kier molecular flexibility index (Phi) is 5.42. The van der Waals surface area contributed by atoms with E-state index >= 15 is 0 Å². The van der Waals surface area contributed by atoms with Gasteiger partial charge in [-0.15, -0.1) is 0 Å². The van der Waals surface area contributed by atoms with Crippen LogP contribution in [0.15, 0.2) is 26.6 Å². The van der Waals surface area contributed by atoms with Crippen LogP contribution in [0.3, 0.4) is 0 Å². The predicted octanol–water partition coefficient (Wildman–Crippen LogP) is 0.348. The van der Waals surface area contributed by atoms with Gasteiger partial charge in [-0.25, -0.2) is 13.4 Å². The van der Waals surface area contributed by atoms with Crippen LogP contribution in [0, 0.1) is 13.8 Å². The number of amides is 1. The summed E-state index contributed by atoms with van der Waals surface area (Å²) in [5.41, 5.74) is -0.0218. The molecule has 3 rings (SSSR count). The maximum absolute atomic E-state index is 13.0. The lowest BCUT2D eigenvalue weighted by Gasteiger charge is -2.24. The molecule has 27 heavy (non-hydrogen) atoms. The summed E-state index contributed by atoms with van der Waals surface area (Å²) in [4.78, 5) is 29.7. The zero-order valence-corrected chi connectivity index (χ0v) is 15.9. The molecule has 1 aliphatic heterocycles. The Hall–Kier alpha value is -2.53. The number of sulfonamides is 1. The summed E-state index contributed by atoms with van der Waals surface area (Å²) in [5, 5.41) is 6.53. The van der Waals surface area contributed by atoms with Gasteiger partial charge in [0, 0.05) is 25.3 Å². The first-order chi connectivity index (χ1) is 12.8. The van der Waals surface area contributed by atoms with Gasteiger partial charge in [-0.1, -0.05) is 11.6 Å². The van der Waals surface area contributed by atoms with E-state index in [9.17, 15) is 18.0 Å². The molecule has 3 heterocycles. The minimum absolute atomic E-state index is 0.0685. The van der Waals surface area contributed by atoms with Crippen LogP contribution < -0.4 is 10.9 Å². The first-order valence-electron chi connectivity index (χ1n) is 8.57. The summed E-state index contributed by atoms with van der Waals surface area (Å²) >= 11 is 0. The minimum atomic E-state index is -3.78. The Morgan fingerprint density at radius 2 is 2.15 bits per heavy atom. The van der Waals surface area contributed by atoms with Crippen molar-refractivity contribution in [2.24, 2.45) is 0 Å². The number of nitrogens with zero attached hydrogens (tertiary/aromatic N) is 3. The number of hydrogen-bond acceptors (Lipinski definition) is 7. The maximum Gasteiger partial charge on any atom is 0.271 e. The Labute approximate surface area is 156 Å². The number of H-pyrrole nitrogens is 1. The number of aryl methyl sites for hydroxylation is 2. The van der Waals surface area contributed by atoms with E-state index in [0.29, 0.717) is 25.1 Å². The van der Waals surface area contributed by atoms with Crippen molar-refractivity contribution in [2.45, 2.75) is 44.0 Å². The smallest absolute Gasteiger partial charge is 0.271 e. The third-order valence-electron chi connectivity index (χ3n) is 4.44. The van der Waals surface area contributed by atoms with Gasteiger partial charge in [-0.05, 0) is 26.7 Å². The van der Waals surface area contributed by atoms with E-state index in [0.717, 1.165) is 12.6 Å². The Balaban J connectivity index is 1.78. The van der Waals surface area contributed by atoms with E-state index in [1.807, 2.05) is 0 Å². The molecule has 0 radical (unpaired) electrons. The molecule has 1 aliphatic rings. The molecule has 1 amide bonds. The summed E-state index contributed by atoms with van der Waals surface area (Å²) in [6.45, 7) is 3.64. The molecule has 10 nitrogen and oxygen atoms in total. The number of aromatic nitrogens is 3. The van der Waals surface area contributed by atoms with Gasteiger partial charge >= 0.3 is 0 Å². The molecule has 1 atom stereocenters. The monoisotopic (exact) mass is 395 g/mol. The van der Waals surface area contributed by atoms with Crippen molar-refractivity contribution < 1.29 is 17.7 Å². The van der Waals surface area contributed by atoms with Gasteiger partial charge in [0.05, 0.1) is 6.20 Å². The molecular weight excluding hydrogens is 374 g/mol. The average molecular weight is 395 g/mol. The fourth-order valence-corrected chi connectivity index (χ4v) is 4.96. The van der Waals surface area contributed by atoms with Crippen LogP contribution in [0.4, 0.5) is 0 Å². The molecule has 1 fully saturated rings. The lowest BCUT2D eigenvalue weighted by molar-refractivity contribution is 0.0926. The van der Waals surface area contributed by atoms with Crippen molar-refractivity contribution in [2.75, 3.05) is 13.1 Å². The Morgan fingerprint density at radius 1 is 1.37 bits per heavy atom. The van der Waals surface area contributed by atoms with E-state index in [1.165, 1.54) is 10.5 Å². The zero-order valence-electron chi connectivity index (χ0n) is 15.1. The molecule has 2 N–H and O–H groups in total. The number of nitrogens with one attached hydrogen (secondary N) is 2. The molecule has 2 aromatic heterocycles. The van der Waals surface area contributed by atoms with Crippen molar-refractivity contribution in [3.8, 4) is 0 Å². The second-order valence-electron chi connectivity index (χ2n) is 6.48. The van der Waals surface area contributed by atoms with Crippen LogP contribution in [-0.2, 0) is 10.0 Å². The fraction of sp³-hybridized carbons (Fsp3) is 0.500. The number of carbonyl (C=O) groups excluding carboxylic acids is 1. The highest BCUT2D eigenvalue weighted by Crippen LogP contribution is 2.25. The molecule has 0 bridgehead atoms. The van der Waals surface area contributed by atoms with Crippen LogP contribution >= 0.6 is 0 Å². The topological polar surface area (TPSA) is 138 Å². The van der Waals surface area contributed by atoms with Gasteiger partial charge in [0.15, 0.2) is 5.76 Å². The molecule has 146 valence electrons. The van der Waals surface area contributed by atoms with Crippen LogP contribution in [0.2, 0.25) is 0 Å². The first kappa shape index (κ1) is 19.2. The van der Waals surface area contributed by atoms with Crippen LogP contribution in [0.1, 0.15) is 41.2 Å². The lowest BCUT2D eigenvalue weighted by Crippen LogP contribution is -2.45. The maximum atomic E-state index is 13.0. The van der Waals surface area contributed by atoms with Gasteiger partial charge in [0.2, 0.25) is 10.0 Å². The zero-order chi connectivity index (χ0) is 19.6. The molecule has 0 aliphatic carbocycles. The van der Waals surface area contributed by atoms with Crippen molar-refractivity contribution >= 4 is 15.9 Å². The van der Waals surface area contributed by atoms with E-state index in [1.54, 1.807) is 13.8 Å². The normalized spacial score (nSPS) is 18.8. The largest absolute Gasteiger partial charge is 0.360 e. The van der Waals surface area contributed by atoms with Gasteiger partial charge < -0.3 is 14.8 Å². The molecule has 2 aromatic rings. The van der Waals surface area contributed by atoms with Crippen LogP contribution in [0.25, 0.3) is 0 Å². The molecule has 1 saturated heterocycles. The molecule has 0 spiro atoms. The number of aromatic amines is 1. The van der Waals surface area contributed by atoms with E-state index in [2.05, 4.69) is 20.4 Å². The molecule has 0 saturated carbocycles. The van der Waals surface area contributed by atoms with Crippen molar-refractivity contribution in [3.63, 3.8) is 0 Å². The van der Waals surface area contributed by atoms with Crippen molar-refractivity contribution in [1.29, 1.82) is 0 Å². The summed E-state index contributed by atoms with van der Waals surface area (Å²) in [7, 11) is -3.78. The molecule has 0 aromatic carbocycles. The third kappa shape index (κ3) is 4.08. The van der Waals surface area contributed by atoms with Crippen molar-refractivity contribution in [1.82, 2.24) is 24.7 Å². The standard InChI is InChI=1S/C16H21N5O5S/c1-10-15(11(2)26-20-10)27(24,25)21-6-4-3-5-12(9-21)19-16(23)13-7-18-14(22)8-17-13/h7-8,12H,3-6,9H2,1-2H3,(H,18,22)(H,19,23)/t12-/m0/s1. The van der Waals surface area contributed by atoms with Gasteiger partial charge in [0.1, 0.15) is 16.3 Å². The molecule has 11 heteroatoms. The number of carbonyl (C=O) groups is 1. The summed E-state index contributed by atoms with van der Waals surface area (Å²) in [6.07, 6.45) is 4.36. The van der Waals surface area contributed by atoms with E-state index < -0.39 is 21.5 Å². The molecular formula is C16H21N5O5S. The minimum Gasteiger partial charge on any atom is -0.360 e. The summed E-state index contributed by atoms with van der Waals surface area (Å²) < 4.78 is 32.4. The van der Waals surface area contributed by atoms with Gasteiger partial charge in [-0.2, -0.15) is 4.31 Å². The lowest BCUT2D eigenvalue weighted by atomic mass is 10.1. The number of rotatable bonds is 4. The van der Waals surface area contributed by atoms with Crippen LogP contribution in [-0.4, -0.2) is 52.9 Å². The quantitative estimate of drug-likeness (QED) is 0.761. The first-order valence-corrected chi connectivity index (χ1v) is 10.0. The van der Waals surface area contributed by atoms with Gasteiger partial charge in [-0.3, -0.25) is 9.59 Å². The van der Waals surface area contributed by atoms with E-state index in [-0.39, 0.29) is 28.9 Å². The fourth-order valence-electron chi connectivity index (χ4n) is 3.14. The van der Waals surface area contributed by atoms with E-state index in [4.69, 9.17) is 4.52 Å². The SMILES string of the molecule is Cc1noc(C)c1S(=O)(=O)N1CCCC[C@H](NC(=O)c2c[nH]c(=O)cn2)C1. The van der Waals surface area contributed by atoms with Crippen molar-refractivity contribution in [3.05, 3.63) is 39.9 Å². The molecule has 0 unspecified atom stereocenters. The van der Waals surface area contributed by atoms with Crippen LogP contribution in [0.5, 0.6) is 0 Å². The summed E-state index contributed by atoms with van der Waals surface area (Å²) in [6, 6.07) is -0.371.